The number of halogens is 2. The summed E-state index contributed by atoms with van der Waals surface area (Å²) in [6.07, 6.45) is 0.663. The van der Waals surface area contributed by atoms with E-state index in [0.29, 0.717) is 16.0 Å². The smallest absolute Gasteiger partial charge is 0.264 e. The maximum Gasteiger partial charge on any atom is 0.264 e. The Morgan fingerprint density at radius 3 is 2.93 bits per heavy atom. The van der Waals surface area contributed by atoms with Crippen molar-refractivity contribution in [1.82, 2.24) is 4.98 Å². The van der Waals surface area contributed by atoms with Crippen LogP contribution < -0.4 is 19.5 Å². The molecule has 0 atom stereocenters. The Hall–Kier alpha value is -2.65. The molecule has 0 saturated heterocycles. The summed E-state index contributed by atoms with van der Waals surface area (Å²) in [6.45, 7) is 1.82. The summed E-state index contributed by atoms with van der Waals surface area (Å²) < 4.78 is 30.3. The zero-order chi connectivity index (χ0) is 20.4. The Bertz CT molecular complexity index is 1070. The highest BCUT2D eigenvalue weighted by Crippen LogP contribution is 2.34. The van der Waals surface area contributed by atoms with Gasteiger partial charge in [-0.25, -0.2) is 9.37 Å². The van der Waals surface area contributed by atoms with Crippen LogP contribution in [0.3, 0.4) is 0 Å². The number of ether oxygens (including phenoxy) is 3. The minimum Gasteiger partial charge on any atom is -0.481 e. The molecule has 3 aromatic rings. The molecule has 1 amide bonds. The highest BCUT2D eigenvalue weighted by atomic mass is 79.9. The number of nitrogens with one attached hydrogen (secondary N) is 1. The van der Waals surface area contributed by atoms with Crippen LogP contribution in [0.2, 0.25) is 0 Å². The SMILES string of the molecule is Cc1nc(NC(=O)COc2ccc(Br)cc2F)sc1Cc1ccc2c(c1)OCO2. The molecule has 0 fully saturated rings. The lowest BCUT2D eigenvalue weighted by molar-refractivity contribution is -0.118. The first-order chi connectivity index (χ1) is 14.0. The van der Waals surface area contributed by atoms with Gasteiger partial charge in [0.05, 0.1) is 5.69 Å². The quantitative estimate of drug-likeness (QED) is 0.556. The molecule has 0 bridgehead atoms. The molecular formula is C20H16BrFN2O4S. The van der Waals surface area contributed by atoms with Crippen molar-refractivity contribution in [3.63, 3.8) is 0 Å². The molecule has 1 aliphatic rings. The molecule has 2 heterocycles. The van der Waals surface area contributed by atoms with Crippen LogP contribution in [0.1, 0.15) is 16.1 Å². The van der Waals surface area contributed by atoms with E-state index >= 15 is 0 Å². The lowest BCUT2D eigenvalue weighted by Crippen LogP contribution is -2.20. The lowest BCUT2D eigenvalue weighted by atomic mass is 10.1. The number of fused-ring (bicyclic) bond motifs is 1. The number of carbonyl (C=O) groups is 1. The Morgan fingerprint density at radius 1 is 1.28 bits per heavy atom. The summed E-state index contributed by atoms with van der Waals surface area (Å²) >= 11 is 4.56. The summed E-state index contributed by atoms with van der Waals surface area (Å²) in [6, 6.07) is 10.2. The Balaban J connectivity index is 1.36. The molecule has 1 aliphatic heterocycles. The molecule has 1 N–H and O–H groups in total. The predicted molar refractivity (Wildman–Crippen MR) is 110 cm³/mol. The number of carbonyl (C=O) groups excluding carboxylic acids is 1. The zero-order valence-corrected chi connectivity index (χ0v) is 17.7. The van der Waals surface area contributed by atoms with Crippen molar-refractivity contribution in [1.29, 1.82) is 0 Å². The van der Waals surface area contributed by atoms with Gasteiger partial charge in [-0.05, 0) is 42.8 Å². The maximum atomic E-state index is 13.8. The van der Waals surface area contributed by atoms with Gasteiger partial charge in [-0.1, -0.05) is 22.0 Å². The van der Waals surface area contributed by atoms with Crippen LogP contribution in [0, 0.1) is 12.7 Å². The first kappa shape index (κ1) is 19.7. The second-order valence-electron chi connectivity index (χ2n) is 6.30. The molecule has 6 nitrogen and oxygen atoms in total. The number of aromatic nitrogens is 1. The van der Waals surface area contributed by atoms with Gasteiger partial charge in [0.25, 0.3) is 5.91 Å². The molecule has 150 valence electrons. The van der Waals surface area contributed by atoms with E-state index in [0.717, 1.165) is 27.6 Å². The van der Waals surface area contributed by atoms with Crippen molar-refractivity contribution in [2.45, 2.75) is 13.3 Å². The van der Waals surface area contributed by atoms with Crippen LogP contribution in [0.25, 0.3) is 0 Å². The van der Waals surface area contributed by atoms with E-state index < -0.39 is 11.7 Å². The number of anilines is 1. The van der Waals surface area contributed by atoms with Gasteiger partial charge < -0.3 is 14.2 Å². The number of hydrogen-bond acceptors (Lipinski definition) is 6. The van der Waals surface area contributed by atoms with Crippen LogP contribution in [-0.4, -0.2) is 24.3 Å². The van der Waals surface area contributed by atoms with Crippen molar-refractivity contribution in [3.8, 4) is 17.2 Å². The fraction of sp³-hybridized carbons (Fsp3) is 0.200. The van der Waals surface area contributed by atoms with E-state index in [-0.39, 0.29) is 19.1 Å². The Labute approximate surface area is 178 Å². The summed E-state index contributed by atoms with van der Waals surface area (Å²) in [4.78, 5) is 17.6. The molecule has 1 aromatic heterocycles. The Morgan fingerprint density at radius 2 is 2.10 bits per heavy atom. The molecule has 9 heteroatoms. The highest BCUT2D eigenvalue weighted by Gasteiger charge is 2.16. The van der Waals surface area contributed by atoms with E-state index in [1.807, 2.05) is 25.1 Å². The number of hydrogen-bond donors (Lipinski definition) is 1. The third-order valence-electron chi connectivity index (χ3n) is 4.19. The van der Waals surface area contributed by atoms with Crippen molar-refractivity contribution in [2.75, 3.05) is 18.7 Å². The minimum atomic E-state index is -0.539. The lowest BCUT2D eigenvalue weighted by Gasteiger charge is -2.07. The van der Waals surface area contributed by atoms with Gasteiger partial charge in [-0.3, -0.25) is 10.1 Å². The van der Waals surface area contributed by atoms with E-state index in [9.17, 15) is 9.18 Å². The summed E-state index contributed by atoms with van der Waals surface area (Å²) in [5.41, 5.74) is 1.90. The number of amides is 1. The molecule has 0 saturated carbocycles. The molecule has 0 unspecified atom stereocenters. The number of nitrogens with zero attached hydrogens (tertiary/aromatic N) is 1. The van der Waals surface area contributed by atoms with Crippen LogP contribution in [-0.2, 0) is 11.2 Å². The van der Waals surface area contributed by atoms with Gasteiger partial charge >= 0.3 is 0 Å². The molecule has 0 radical (unpaired) electrons. The second kappa shape index (κ2) is 8.38. The summed E-state index contributed by atoms with van der Waals surface area (Å²) in [5, 5.41) is 3.17. The summed E-state index contributed by atoms with van der Waals surface area (Å²) in [5.74, 6) is 0.543. The van der Waals surface area contributed by atoms with E-state index in [1.165, 1.54) is 23.5 Å². The predicted octanol–water partition coefficient (Wildman–Crippen LogP) is 4.69. The fourth-order valence-electron chi connectivity index (χ4n) is 2.77. The van der Waals surface area contributed by atoms with Crippen LogP contribution in [0.4, 0.5) is 9.52 Å². The van der Waals surface area contributed by atoms with Gasteiger partial charge in [0.2, 0.25) is 6.79 Å². The van der Waals surface area contributed by atoms with E-state index in [4.69, 9.17) is 14.2 Å². The van der Waals surface area contributed by atoms with Crippen LogP contribution >= 0.6 is 27.3 Å². The van der Waals surface area contributed by atoms with Crippen molar-refractivity contribution in [3.05, 3.63) is 62.8 Å². The van der Waals surface area contributed by atoms with Crippen molar-refractivity contribution in [2.24, 2.45) is 0 Å². The van der Waals surface area contributed by atoms with Gasteiger partial charge in [0, 0.05) is 15.8 Å². The van der Waals surface area contributed by atoms with E-state index in [2.05, 4.69) is 26.2 Å². The topological polar surface area (TPSA) is 69.7 Å². The van der Waals surface area contributed by atoms with Gasteiger partial charge in [-0.15, -0.1) is 11.3 Å². The van der Waals surface area contributed by atoms with E-state index in [1.54, 1.807) is 6.07 Å². The molecular weight excluding hydrogens is 463 g/mol. The van der Waals surface area contributed by atoms with Crippen molar-refractivity contribution < 1.29 is 23.4 Å². The average Bonchev–Trinajstić information content (AvgIpc) is 3.27. The van der Waals surface area contributed by atoms with Crippen molar-refractivity contribution >= 4 is 38.3 Å². The molecule has 2 aromatic carbocycles. The largest absolute Gasteiger partial charge is 0.481 e. The second-order valence-corrected chi connectivity index (χ2v) is 8.30. The first-order valence-electron chi connectivity index (χ1n) is 8.70. The number of aryl methyl sites for hydroxylation is 1. The minimum absolute atomic E-state index is 0.0159. The molecule has 4 rings (SSSR count). The monoisotopic (exact) mass is 478 g/mol. The number of rotatable bonds is 6. The van der Waals surface area contributed by atoms with Gasteiger partial charge in [-0.2, -0.15) is 0 Å². The third kappa shape index (κ3) is 4.68. The first-order valence-corrected chi connectivity index (χ1v) is 10.3. The van der Waals surface area contributed by atoms with Crippen LogP contribution in [0.5, 0.6) is 17.2 Å². The Kier molecular flexibility index (Phi) is 5.68. The number of benzene rings is 2. The van der Waals surface area contributed by atoms with Gasteiger partial charge in [0.1, 0.15) is 0 Å². The highest BCUT2D eigenvalue weighted by molar-refractivity contribution is 9.10. The molecule has 29 heavy (non-hydrogen) atoms. The summed E-state index contributed by atoms with van der Waals surface area (Å²) in [7, 11) is 0. The molecule has 0 aliphatic carbocycles. The zero-order valence-electron chi connectivity index (χ0n) is 15.3. The number of thiazole rings is 1. The average molecular weight is 479 g/mol. The maximum absolute atomic E-state index is 13.8. The van der Waals surface area contributed by atoms with Gasteiger partial charge in [0.15, 0.2) is 34.8 Å². The fourth-order valence-corrected chi connectivity index (χ4v) is 4.12. The van der Waals surface area contributed by atoms with Crippen LogP contribution in [0.15, 0.2) is 40.9 Å². The molecule has 0 spiro atoms. The standard InChI is InChI=1S/C20H16BrFN2O4S/c1-11-18(7-12-2-4-16-17(6-12)28-10-27-16)29-20(23-11)24-19(25)9-26-15-5-3-13(21)8-14(15)22/h2-6,8H,7,9-10H2,1H3,(H,23,24,25). The normalized spacial score (nSPS) is 12.1. The third-order valence-corrected chi connectivity index (χ3v) is 5.76.